The van der Waals surface area contributed by atoms with Gasteiger partial charge in [-0.3, -0.25) is 9.48 Å². The molecule has 88 valence electrons. The van der Waals surface area contributed by atoms with Gasteiger partial charge in [-0.1, -0.05) is 6.42 Å². The first-order valence-electron chi connectivity index (χ1n) is 5.70. The molecule has 1 aromatic heterocycles. The van der Waals surface area contributed by atoms with Crippen molar-refractivity contribution in [2.75, 3.05) is 6.54 Å². The fourth-order valence-corrected chi connectivity index (χ4v) is 2.23. The van der Waals surface area contributed by atoms with Crippen molar-refractivity contribution in [3.05, 3.63) is 18.0 Å². The van der Waals surface area contributed by atoms with Crippen molar-refractivity contribution < 1.29 is 4.79 Å². The number of rotatable bonds is 3. The molecule has 2 rings (SSSR count). The molecule has 1 saturated carbocycles. The molecule has 0 spiro atoms. The molecule has 1 aliphatic carbocycles. The fourth-order valence-electron chi connectivity index (χ4n) is 2.23. The summed E-state index contributed by atoms with van der Waals surface area (Å²) < 4.78 is 1.57. The zero-order valence-electron chi connectivity index (χ0n) is 9.52. The number of nitrogens with one attached hydrogen (secondary N) is 1. The Labute approximate surface area is 95.0 Å². The number of amides is 1. The number of hydrogen-bond donors (Lipinski definition) is 2. The molecule has 1 aromatic rings. The zero-order valence-corrected chi connectivity index (χ0v) is 9.52. The van der Waals surface area contributed by atoms with Gasteiger partial charge in [0.1, 0.15) is 5.69 Å². The Bertz CT molecular complexity index is 374. The van der Waals surface area contributed by atoms with E-state index in [2.05, 4.69) is 10.4 Å². The predicted molar refractivity (Wildman–Crippen MR) is 60.9 cm³/mol. The summed E-state index contributed by atoms with van der Waals surface area (Å²) in [6.07, 6.45) is 4.99. The van der Waals surface area contributed by atoms with Crippen LogP contribution >= 0.6 is 0 Å². The highest BCUT2D eigenvalue weighted by Gasteiger charge is 2.24. The van der Waals surface area contributed by atoms with E-state index in [1.165, 1.54) is 6.42 Å². The highest BCUT2D eigenvalue weighted by Crippen LogP contribution is 2.23. The highest BCUT2D eigenvalue weighted by atomic mass is 16.2. The van der Waals surface area contributed by atoms with E-state index in [4.69, 9.17) is 5.73 Å². The molecule has 2 unspecified atom stereocenters. The van der Waals surface area contributed by atoms with Crippen molar-refractivity contribution >= 4 is 5.91 Å². The minimum absolute atomic E-state index is 0.0703. The van der Waals surface area contributed by atoms with Gasteiger partial charge in [-0.25, -0.2) is 0 Å². The van der Waals surface area contributed by atoms with Gasteiger partial charge in [0, 0.05) is 25.8 Å². The molecule has 0 radical (unpaired) electrons. The SMILES string of the molecule is Cn1nccc1C(=O)NCC1CCCC1N. The van der Waals surface area contributed by atoms with Crippen molar-refractivity contribution in [1.29, 1.82) is 0 Å². The number of carbonyl (C=O) groups is 1. The van der Waals surface area contributed by atoms with Crippen molar-refractivity contribution in [2.45, 2.75) is 25.3 Å². The van der Waals surface area contributed by atoms with E-state index < -0.39 is 0 Å². The summed E-state index contributed by atoms with van der Waals surface area (Å²) in [4.78, 5) is 11.8. The molecule has 1 amide bonds. The second-order valence-electron chi connectivity index (χ2n) is 4.40. The Hall–Kier alpha value is -1.36. The summed E-state index contributed by atoms with van der Waals surface area (Å²) in [7, 11) is 1.76. The third-order valence-electron chi connectivity index (χ3n) is 3.30. The van der Waals surface area contributed by atoms with Crippen molar-refractivity contribution in [3.63, 3.8) is 0 Å². The van der Waals surface area contributed by atoms with Crippen LogP contribution in [0.25, 0.3) is 0 Å². The lowest BCUT2D eigenvalue weighted by molar-refractivity contribution is 0.0937. The number of nitrogens with two attached hydrogens (primary N) is 1. The van der Waals surface area contributed by atoms with Crippen LogP contribution in [0.2, 0.25) is 0 Å². The summed E-state index contributed by atoms with van der Waals surface area (Å²) in [6, 6.07) is 1.95. The third kappa shape index (κ3) is 2.24. The van der Waals surface area contributed by atoms with Crippen LogP contribution in [-0.2, 0) is 7.05 Å². The van der Waals surface area contributed by atoms with Gasteiger partial charge < -0.3 is 11.1 Å². The Kier molecular flexibility index (Phi) is 3.24. The first-order valence-corrected chi connectivity index (χ1v) is 5.70. The molecular weight excluding hydrogens is 204 g/mol. The maximum absolute atomic E-state index is 11.8. The smallest absolute Gasteiger partial charge is 0.269 e. The minimum Gasteiger partial charge on any atom is -0.350 e. The number of aromatic nitrogens is 2. The first-order chi connectivity index (χ1) is 7.68. The molecule has 0 bridgehead atoms. The van der Waals surface area contributed by atoms with Crippen LogP contribution in [0.5, 0.6) is 0 Å². The quantitative estimate of drug-likeness (QED) is 0.771. The molecule has 1 aliphatic rings. The van der Waals surface area contributed by atoms with Gasteiger partial charge in [0.05, 0.1) is 0 Å². The summed E-state index contributed by atoms with van der Waals surface area (Å²) in [5.41, 5.74) is 6.53. The Balaban J connectivity index is 1.86. The predicted octanol–water partition coefficient (Wildman–Crippen LogP) is 0.277. The van der Waals surface area contributed by atoms with Gasteiger partial charge in [-0.2, -0.15) is 5.10 Å². The van der Waals surface area contributed by atoms with Crippen LogP contribution in [-0.4, -0.2) is 28.3 Å². The number of nitrogens with zero attached hydrogens (tertiary/aromatic N) is 2. The Morgan fingerprint density at radius 3 is 3.06 bits per heavy atom. The maximum atomic E-state index is 11.8. The third-order valence-corrected chi connectivity index (χ3v) is 3.30. The molecule has 0 aromatic carbocycles. The van der Waals surface area contributed by atoms with Gasteiger partial charge in [-0.05, 0) is 24.8 Å². The highest BCUT2D eigenvalue weighted by molar-refractivity contribution is 5.92. The molecule has 1 fully saturated rings. The zero-order chi connectivity index (χ0) is 11.5. The van der Waals surface area contributed by atoms with E-state index >= 15 is 0 Å². The second-order valence-corrected chi connectivity index (χ2v) is 4.40. The van der Waals surface area contributed by atoms with Gasteiger partial charge in [-0.15, -0.1) is 0 Å². The Morgan fingerprint density at radius 2 is 2.50 bits per heavy atom. The van der Waals surface area contributed by atoms with Crippen molar-refractivity contribution in [1.82, 2.24) is 15.1 Å². The topological polar surface area (TPSA) is 72.9 Å². The number of carbonyl (C=O) groups excluding carboxylic acids is 1. The summed E-state index contributed by atoms with van der Waals surface area (Å²) in [6.45, 7) is 0.672. The van der Waals surface area contributed by atoms with Crippen LogP contribution in [0.4, 0.5) is 0 Å². The van der Waals surface area contributed by atoms with E-state index in [1.807, 2.05) is 0 Å². The lowest BCUT2D eigenvalue weighted by Crippen LogP contribution is -2.36. The summed E-state index contributed by atoms with van der Waals surface area (Å²) >= 11 is 0. The molecule has 1 heterocycles. The average Bonchev–Trinajstić information content (AvgIpc) is 2.84. The average molecular weight is 222 g/mol. The molecule has 16 heavy (non-hydrogen) atoms. The normalized spacial score (nSPS) is 24.6. The molecule has 0 aliphatic heterocycles. The maximum Gasteiger partial charge on any atom is 0.269 e. The van der Waals surface area contributed by atoms with E-state index in [0.29, 0.717) is 18.2 Å². The van der Waals surface area contributed by atoms with Crippen LogP contribution < -0.4 is 11.1 Å². The molecular formula is C11H18N4O. The standard InChI is InChI=1S/C11H18N4O/c1-15-10(5-6-14-15)11(16)13-7-8-3-2-4-9(8)12/h5-6,8-9H,2-4,7,12H2,1H3,(H,13,16). The van der Waals surface area contributed by atoms with Crippen molar-refractivity contribution in [2.24, 2.45) is 18.7 Å². The lowest BCUT2D eigenvalue weighted by atomic mass is 10.0. The minimum atomic E-state index is -0.0703. The van der Waals surface area contributed by atoms with Crippen LogP contribution in [0.3, 0.4) is 0 Å². The van der Waals surface area contributed by atoms with Gasteiger partial charge in [0.2, 0.25) is 0 Å². The van der Waals surface area contributed by atoms with Gasteiger partial charge >= 0.3 is 0 Å². The van der Waals surface area contributed by atoms with Gasteiger partial charge in [0.15, 0.2) is 0 Å². The second kappa shape index (κ2) is 4.65. The largest absolute Gasteiger partial charge is 0.350 e. The lowest BCUT2D eigenvalue weighted by Gasteiger charge is -2.15. The van der Waals surface area contributed by atoms with E-state index in [0.717, 1.165) is 12.8 Å². The van der Waals surface area contributed by atoms with Crippen LogP contribution in [0.1, 0.15) is 29.8 Å². The molecule has 2 atom stereocenters. The first kappa shape index (κ1) is 11.1. The molecule has 5 nitrogen and oxygen atoms in total. The van der Waals surface area contributed by atoms with Crippen LogP contribution in [0.15, 0.2) is 12.3 Å². The number of aryl methyl sites for hydroxylation is 1. The molecule has 0 saturated heterocycles. The van der Waals surface area contributed by atoms with Gasteiger partial charge in [0.25, 0.3) is 5.91 Å². The molecule has 5 heteroatoms. The molecule has 3 N–H and O–H groups in total. The summed E-state index contributed by atoms with van der Waals surface area (Å²) in [5, 5.41) is 6.88. The van der Waals surface area contributed by atoms with E-state index in [1.54, 1.807) is 24.0 Å². The van der Waals surface area contributed by atoms with Crippen molar-refractivity contribution in [3.8, 4) is 0 Å². The summed E-state index contributed by atoms with van der Waals surface area (Å²) in [5.74, 6) is 0.358. The van der Waals surface area contributed by atoms with E-state index in [9.17, 15) is 4.79 Å². The fraction of sp³-hybridized carbons (Fsp3) is 0.636. The van der Waals surface area contributed by atoms with E-state index in [-0.39, 0.29) is 11.9 Å². The Morgan fingerprint density at radius 1 is 1.69 bits per heavy atom. The van der Waals surface area contributed by atoms with Crippen LogP contribution in [0, 0.1) is 5.92 Å². The monoisotopic (exact) mass is 222 g/mol. The number of hydrogen-bond acceptors (Lipinski definition) is 3.